The lowest BCUT2D eigenvalue weighted by atomic mass is 9.95. The van der Waals surface area contributed by atoms with Gasteiger partial charge in [-0.05, 0) is 37.1 Å². The number of amidine groups is 1. The van der Waals surface area contributed by atoms with Gasteiger partial charge < -0.3 is 9.64 Å². The number of anilines is 1. The SMILES string of the molecule is COCCN(C(=O)C1CCCN(C2=NS(=O)(=O)c3ccccc32)C1)c1nc2ccccc2s1. The lowest BCUT2D eigenvalue weighted by molar-refractivity contribution is -0.123. The quantitative estimate of drug-likeness (QED) is 0.553. The van der Waals surface area contributed by atoms with Crippen molar-refractivity contribution in [2.45, 2.75) is 17.7 Å². The molecule has 10 heteroatoms. The molecule has 2 aliphatic rings. The average molecular weight is 485 g/mol. The third kappa shape index (κ3) is 4.14. The van der Waals surface area contributed by atoms with Crippen molar-refractivity contribution in [1.29, 1.82) is 0 Å². The molecule has 3 aromatic rings. The Kier molecular flexibility index (Phi) is 5.90. The minimum Gasteiger partial charge on any atom is -0.383 e. The van der Waals surface area contributed by atoms with Crippen molar-refractivity contribution in [1.82, 2.24) is 9.88 Å². The maximum Gasteiger partial charge on any atom is 0.285 e. The first-order chi connectivity index (χ1) is 16.0. The van der Waals surface area contributed by atoms with E-state index in [4.69, 9.17) is 4.74 Å². The second-order valence-electron chi connectivity index (χ2n) is 8.12. The van der Waals surface area contributed by atoms with Crippen LogP contribution in [0.4, 0.5) is 5.13 Å². The highest BCUT2D eigenvalue weighted by Crippen LogP contribution is 2.33. The lowest BCUT2D eigenvalue weighted by Crippen LogP contribution is -2.47. The molecule has 5 rings (SSSR count). The molecule has 2 aromatic carbocycles. The highest BCUT2D eigenvalue weighted by atomic mass is 32.2. The first-order valence-electron chi connectivity index (χ1n) is 10.8. The molecule has 8 nitrogen and oxygen atoms in total. The van der Waals surface area contributed by atoms with Crippen molar-refractivity contribution in [2.24, 2.45) is 10.3 Å². The van der Waals surface area contributed by atoms with Gasteiger partial charge in [-0.25, -0.2) is 4.98 Å². The minimum absolute atomic E-state index is 0.0226. The highest BCUT2D eigenvalue weighted by Gasteiger charge is 2.37. The summed E-state index contributed by atoms with van der Waals surface area (Å²) in [6, 6.07) is 14.7. The van der Waals surface area contributed by atoms with E-state index in [1.54, 1.807) is 36.3 Å². The smallest absolute Gasteiger partial charge is 0.285 e. The molecule has 1 amide bonds. The molecule has 0 spiro atoms. The number of aromatic nitrogens is 1. The summed E-state index contributed by atoms with van der Waals surface area (Å²) >= 11 is 1.49. The van der Waals surface area contributed by atoms with Gasteiger partial charge in [0.1, 0.15) is 4.90 Å². The van der Waals surface area contributed by atoms with Crippen molar-refractivity contribution < 1.29 is 17.9 Å². The number of nitrogens with zero attached hydrogens (tertiary/aromatic N) is 4. The van der Waals surface area contributed by atoms with Gasteiger partial charge in [0.05, 0.1) is 29.3 Å². The van der Waals surface area contributed by atoms with Crippen LogP contribution >= 0.6 is 11.3 Å². The number of carbonyl (C=O) groups is 1. The molecule has 1 atom stereocenters. The maximum absolute atomic E-state index is 13.7. The third-order valence-corrected chi connectivity index (χ3v) is 8.37. The fraction of sp³-hybridized carbons (Fsp3) is 0.348. The zero-order chi connectivity index (χ0) is 23.0. The fourth-order valence-corrected chi connectivity index (χ4v) is 6.59. The number of thiazole rings is 1. The van der Waals surface area contributed by atoms with Crippen molar-refractivity contribution in [3.05, 3.63) is 54.1 Å². The molecular formula is C23H24N4O4S2. The summed E-state index contributed by atoms with van der Waals surface area (Å²) in [7, 11) is -2.09. The summed E-state index contributed by atoms with van der Waals surface area (Å²) < 4.78 is 35.3. The van der Waals surface area contributed by atoms with E-state index in [-0.39, 0.29) is 16.7 Å². The number of para-hydroxylation sites is 1. The molecule has 3 heterocycles. The number of fused-ring (bicyclic) bond motifs is 2. The van der Waals surface area contributed by atoms with Gasteiger partial charge in [0, 0.05) is 25.8 Å². The minimum atomic E-state index is -3.70. The van der Waals surface area contributed by atoms with E-state index in [1.165, 1.54) is 11.3 Å². The normalized spacial score (nSPS) is 19.4. The van der Waals surface area contributed by atoms with Gasteiger partial charge in [0.25, 0.3) is 10.0 Å². The van der Waals surface area contributed by atoms with E-state index >= 15 is 0 Å². The Morgan fingerprint density at radius 3 is 2.82 bits per heavy atom. The first kappa shape index (κ1) is 22.0. The number of amides is 1. The molecule has 1 unspecified atom stereocenters. The Bertz CT molecular complexity index is 1300. The molecular weight excluding hydrogens is 460 g/mol. The first-order valence-corrected chi connectivity index (χ1v) is 13.1. The lowest BCUT2D eigenvalue weighted by Gasteiger charge is -2.35. The fourth-order valence-electron chi connectivity index (χ4n) is 4.37. The van der Waals surface area contributed by atoms with E-state index in [9.17, 15) is 13.2 Å². The van der Waals surface area contributed by atoms with Crippen molar-refractivity contribution in [2.75, 3.05) is 38.3 Å². The van der Waals surface area contributed by atoms with Crippen LogP contribution in [-0.2, 0) is 19.6 Å². The summed E-state index contributed by atoms with van der Waals surface area (Å²) in [5.41, 5.74) is 1.47. The zero-order valence-electron chi connectivity index (χ0n) is 18.2. The average Bonchev–Trinajstić information content (AvgIpc) is 3.38. The Hall–Kier alpha value is -2.82. The number of methoxy groups -OCH3 is 1. The molecule has 0 saturated carbocycles. The van der Waals surface area contributed by atoms with Gasteiger partial charge >= 0.3 is 0 Å². The monoisotopic (exact) mass is 484 g/mol. The van der Waals surface area contributed by atoms with Crippen LogP contribution in [-0.4, -0.2) is 63.4 Å². The van der Waals surface area contributed by atoms with Crippen LogP contribution in [0.1, 0.15) is 18.4 Å². The van der Waals surface area contributed by atoms with Crippen LogP contribution in [0.15, 0.2) is 57.8 Å². The number of likely N-dealkylation sites (tertiary alicyclic amines) is 1. The Labute approximate surface area is 196 Å². The second kappa shape index (κ2) is 8.85. The number of piperidine rings is 1. The number of hydrogen-bond acceptors (Lipinski definition) is 7. The van der Waals surface area contributed by atoms with Crippen molar-refractivity contribution in [3.8, 4) is 0 Å². The van der Waals surface area contributed by atoms with Gasteiger partial charge in [-0.2, -0.15) is 8.42 Å². The van der Waals surface area contributed by atoms with Crippen LogP contribution in [0.25, 0.3) is 10.2 Å². The Morgan fingerprint density at radius 2 is 2.00 bits per heavy atom. The van der Waals surface area contributed by atoms with Crippen LogP contribution in [0.2, 0.25) is 0 Å². The summed E-state index contributed by atoms with van der Waals surface area (Å²) in [5, 5.41) is 0.654. The molecule has 33 heavy (non-hydrogen) atoms. The summed E-state index contributed by atoms with van der Waals surface area (Å²) in [5.74, 6) is 0.123. The molecule has 0 N–H and O–H groups in total. The van der Waals surface area contributed by atoms with Gasteiger partial charge in [-0.15, -0.1) is 4.40 Å². The number of benzene rings is 2. The van der Waals surface area contributed by atoms with Crippen LogP contribution in [0, 0.1) is 5.92 Å². The zero-order valence-corrected chi connectivity index (χ0v) is 19.8. The third-order valence-electron chi connectivity index (χ3n) is 5.98. The van der Waals surface area contributed by atoms with Crippen LogP contribution < -0.4 is 4.90 Å². The maximum atomic E-state index is 13.7. The molecule has 0 radical (unpaired) electrons. The van der Waals surface area contributed by atoms with E-state index < -0.39 is 10.0 Å². The topological polar surface area (TPSA) is 92.2 Å². The number of sulfonamides is 1. The number of carbonyl (C=O) groups excluding carboxylic acids is 1. The summed E-state index contributed by atoms with van der Waals surface area (Å²) in [4.78, 5) is 22.2. The number of rotatable bonds is 5. The van der Waals surface area contributed by atoms with E-state index in [1.807, 2.05) is 29.2 Å². The van der Waals surface area contributed by atoms with Gasteiger partial charge in [0.15, 0.2) is 11.0 Å². The van der Waals surface area contributed by atoms with Gasteiger partial charge in [-0.1, -0.05) is 35.6 Å². The highest BCUT2D eigenvalue weighted by molar-refractivity contribution is 7.90. The van der Waals surface area contributed by atoms with Gasteiger partial charge in [-0.3, -0.25) is 9.69 Å². The molecule has 0 bridgehead atoms. The Balaban J connectivity index is 1.41. The summed E-state index contributed by atoms with van der Waals surface area (Å²) in [6.45, 7) is 1.88. The van der Waals surface area contributed by atoms with Gasteiger partial charge in [0.2, 0.25) is 5.91 Å². The molecule has 2 aliphatic heterocycles. The summed E-state index contributed by atoms with van der Waals surface area (Å²) in [6.07, 6.45) is 1.50. The standard InChI is InChI=1S/C23H24N4O4S2/c1-31-14-13-27(23-24-18-9-3-4-10-19(18)32-23)22(28)16-7-6-12-26(15-16)21-17-8-2-5-11-20(17)33(29,30)25-21/h2-5,8-11,16H,6-7,12-15H2,1H3. The molecule has 1 saturated heterocycles. The van der Waals surface area contributed by atoms with E-state index in [0.29, 0.717) is 42.8 Å². The van der Waals surface area contributed by atoms with E-state index in [0.717, 1.165) is 23.1 Å². The molecule has 172 valence electrons. The van der Waals surface area contributed by atoms with Crippen LogP contribution in [0.3, 0.4) is 0 Å². The van der Waals surface area contributed by atoms with E-state index in [2.05, 4.69) is 9.38 Å². The predicted octanol–water partition coefficient (Wildman–Crippen LogP) is 3.14. The molecule has 1 aromatic heterocycles. The molecule has 0 aliphatic carbocycles. The second-order valence-corrected chi connectivity index (χ2v) is 10.7. The number of hydrogen-bond donors (Lipinski definition) is 0. The Morgan fingerprint density at radius 1 is 1.21 bits per heavy atom. The predicted molar refractivity (Wildman–Crippen MR) is 128 cm³/mol. The van der Waals surface area contributed by atoms with Crippen LogP contribution in [0.5, 0.6) is 0 Å². The largest absolute Gasteiger partial charge is 0.383 e. The number of ether oxygens (including phenoxy) is 1. The molecule has 1 fully saturated rings. The van der Waals surface area contributed by atoms with Crippen molar-refractivity contribution >= 4 is 48.5 Å². The van der Waals surface area contributed by atoms with Crippen molar-refractivity contribution in [3.63, 3.8) is 0 Å².